The molecule has 1 atom stereocenters. The third-order valence-electron chi connectivity index (χ3n) is 5.73. The van der Waals surface area contributed by atoms with Crippen LogP contribution >= 0.6 is 0 Å². The van der Waals surface area contributed by atoms with Gasteiger partial charge in [0.05, 0.1) is 30.7 Å². The Hall–Kier alpha value is -3.57. The second-order valence-corrected chi connectivity index (χ2v) is 12.0. The van der Waals surface area contributed by atoms with Gasteiger partial charge in [0.25, 0.3) is 0 Å². The third kappa shape index (κ3) is 6.84. The van der Waals surface area contributed by atoms with Gasteiger partial charge in [-0.2, -0.15) is 0 Å². The van der Waals surface area contributed by atoms with Crippen LogP contribution in [0.1, 0.15) is 33.4 Å². The SMILES string of the molecule is C[C@H]1COCCN1c1cc(CS(=O)(=O)c2ccccc2F)nc(-c2ccc(NC(=O)OC(C)(C)C)cc2)n1. The van der Waals surface area contributed by atoms with Gasteiger partial charge >= 0.3 is 6.09 Å². The molecule has 0 unspecified atom stereocenters. The first-order chi connectivity index (χ1) is 17.9. The van der Waals surface area contributed by atoms with Crippen LogP contribution in [0.15, 0.2) is 59.5 Å². The van der Waals surface area contributed by atoms with Gasteiger partial charge in [0.1, 0.15) is 22.1 Å². The van der Waals surface area contributed by atoms with Crippen LogP contribution in [-0.4, -0.2) is 55.9 Å². The van der Waals surface area contributed by atoms with Crippen molar-refractivity contribution >= 4 is 27.4 Å². The molecule has 4 rings (SSSR count). The summed E-state index contributed by atoms with van der Waals surface area (Å²) in [5, 5.41) is 2.67. The van der Waals surface area contributed by atoms with Gasteiger partial charge in [0.2, 0.25) is 0 Å². The van der Waals surface area contributed by atoms with E-state index in [2.05, 4.69) is 10.3 Å². The number of carbonyl (C=O) groups is 1. The predicted octanol–water partition coefficient (Wildman–Crippen LogP) is 4.83. The summed E-state index contributed by atoms with van der Waals surface area (Å²) in [6.45, 7) is 8.92. The van der Waals surface area contributed by atoms with E-state index in [0.717, 1.165) is 6.07 Å². The molecule has 9 nitrogen and oxygen atoms in total. The summed E-state index contributed by atoms with van der Waals surface area (Å²) in [6, 6.07) is 13.7. The van der Waals surface area contributed by atoms with Gasteiger partial charge < -0.3 is 14.4 Å². The van der Waals surface area contributed by atoms with E-state index in [0.29, 0.717) is 42.7 Å². The van der Waals surface area contributed by atoms with Gasteiger partial charge in [-0.1, -0.05) is 12.1 Å². The topological polar surface area (TPSA) is 111 Å². The molecule has 0 spiro atoms. The summed E-state index contributed by atoms with van der Waals surface area (Å²) in [5.74, 6) is -0.436. The zero-order valence-corrected chi connectivity index (χ0v) is 22.6. The first-order valence-corrected chi connectivity index (χ1v) is 13.9. The number of hydrogen-bond acceptors (Lipinski definition) is 8. The maximum atomic E-state index is 14.3. The highest BCUT2D eigenvalue weighted by Crippen LogP contribution is 2.27. The third-order valence-corrected chi connectivity index (χ3v) is 7.40. The van der Waals surface area contributed by atoms with E-state index >= 15 is 0 Å². The van der Waals surface area contributed by atoms with Crippen LogP contribution in [0.4, 0.5) is 20.7 Å². The van der Waals surface area contributed by atoms with Crippen LogP contribution in [0.2, 0.25) is 0 Å². The quantitative estimate of drug-likeness (QED) is 0.472. The second-order valence-electron chi connectivity index (χ2n) is 10.1. The van der Waals surface area contributed by atoms with Crippen LogP contribution in [-0.2, 0) is 25.1 Å². The van der Waals surface area contributed by atoms with Crippen molar-refractivity contribution in [1.82, 2.24) is 9.97 Å². The minimum Gasteiger partial charge on any atom is -0.444 e. The van der Waals surface area contributed by atoms with Gasteiger partial charge in [-0.3, -0.25) is 5.32 Å². The van der Waals surface area contributed by atoms with Crippen LogP contribution in [0, 0.1) is 5.82 Å². The highest BCUT2D eigenvalue weighted by molar-refractivity contribution is 7.90. The highest BCUT2D eigenvalue weighted by atomic mass is 32.2. The van der Waals surface area contributed by atoms with Crippen LogP contribution < -0.4 is 10.2 Å². The molecule has 1 aliphatic heterocycles. The van der Waals surface area contributed by atoms with Crippen molar-refractivity contribution in [2.24, 2.45) is 0 Å². The number of hydrogen-bond donors (Lipinski definition) is 1. The zero-order valence-electron chi connectivity index (χ0n) is 21.8. The fourth-order valence-electron chi connectivity index (χ4n) is 3.99. The maximum absolute atomic E-state index is 14.3. The number of ether oxygens (including phenoxy) is 2. The lowest BCUT2D eigenvalue weighted by Crippen LogP contribution is -2.44. The number of nitrogens with one attached hydrogen (secondary N) is 1. The number of sulfone groups is 1. The molecule has 1 amide bonds. The summed E-state index contributed by atoms with van der Waals surface area (Å²) < 4.78 is 51.3. The standard InChI is InChI=1S/C27H31FN4O5S/c1-18-16-36-14-13-32(18)24-15-21(17-38(34,35)23-8-6-5-7-22(23)28)29-25(31-24)19-9-11-20(12-10-19)30-26(33)37-27(2,3)4/h5-12,15,18H,13-14,16-17H2,1-4H3,(H,30,33)/t18-/m0/s1. The Morgan fingerprint density at radius 1 is 1.16 bits per heavy atom. The smallest absolute Gasteiger partial charge is 0.412 e. The van der Waals surface area contributed by atoms with Crippen LogP contribution in [0.25, 0.3) is 11.4 Å². The molecule has 1 aromatic heterocycles. The minimum atomic E-state index is -4.01. The molecule has 3 aromatic rings. The summed E-state index contributed by atoms with van der Waals surface area (Å²) in [4.78, 5) is 23.0. The Labute approximate surface area is 221 Å². The lowest BCUT2D eigenvalue weighted by atomic mass is 10.2. The first-order valence-electron chi connectivity index (χ1n) is 12.2. The minimum absolute atomic E-state index is 0.0166. The normalized spacial score (nSPS) is 16.2. The molecule has 202 valence electrons. The lowest BCUT2D eigenvalue weighted by molar-refractivity contribution is 0.0636. The van der Waals surface area contributed by atoms with Crippen molar-refractivity contribution in [2.45, 2.75) is 50.0 Å². The molecule has 2 heterocycles. The zero-order chi connectivity index (χ0) is 27.5. The maximum Gasteiger partial charge on any atom is 0.412 e. The number of carbonyl (C=O) groups excluding carboxylic acids is 1. The number of nitrogens with zero attached hydrogens (tertiary/aromatic N) is 3. The number of anilines is 2. The summed E-state index contributed by atoms with van der Waals surface area (Å²) >= 11 is 0. The van der Waals surface area contributed by atoms with Crippen molar-refractivity contribution in [1.29, 1.82) is 0 Å². The Morgan fingerprint density at radius 3 is 2.53 bits per heavy atom. The Balaban J connectivity index is 1.67. The van der Waals surface area contributed by atoms with Gasteiger partial charge in [0.15, 0.2) is 15.7 Å². The fourth-order valence-corrected chi connectivity index (χ4v) is 5.34. The van der Waals surface area contributed by atoms with E-state index in [9.17, 15) is 17.6 Å². The number of amides is 1. The van der Waals surface area contributed by atoms with Crippen molar-refractivity contribution in [2.75, 3.05) is 30.0 Å². The van der Waals surface area contributed by atoms with Crippen molar-refractivity contribution in [3.63, 3.8) is 0 Å². The van der Waals surface area contributed by atoms with Gasteiger partial charge in [-0.25, -0.2) is 27.6 Å². The predicted molar refractivity (Wildman–Crippen MR) is 142 cm³/mol. The largest absolute Gasteiger partial charge is 0.444 e. The van der Waals surface area contributed by atoms with Crippen molar-refractivity contribution < 1.29 is 27.1 Å². The number of morpholine rings is 1. The van der Waals surface area contributed by atoms with Crippen molar-refractivity contribution in [3.05, 3.63) is 66.1 Å². The van der Waals surface area contributed by atoms with Crippen molar-refractivity contribution in [3.8, 4) is 11.4 Å². The van der Waals surface area contributed by atoms with E-state index in [-0.39, 0.29) is 16.6 Å². The van der Waals surface area contributed by atoms with Gasteiger partial charge in [0, 0.05) is 23.9 Å². The molecule has 1 aliphatic rings. The molecule has 0 bridgehead atoms. The van der Waals surface area contributed by atoms with E-state index in [4.69, 9.17) is 14.5 Å². The molecule has 11 heteroatoms. The molecule has 0 aliphatic carbocycles. The second kappa shape index (κ2) is 11.0. The average molecular weight is 543 g/mol. The lowest BCUT2D eigenvalue weighted by Gasteiger charge is -2.34. The molecule has 0 saturated carbocycles. The Kier molecular flexibility index (Phi) is 7.98. The Bertz CT molecular complexity index is 1410. The molecular formula is C27H31FN4O5S. The fraction of sp³-hybridized carbons (Fsp3) is 0.370. The van der Waals surface area contributed by atoms with Gasteiger partial charge in [-0.05, 0) is 64.1 Å². The molecule has 1 N–H and O–H groups in total. The Morgan fingerprint density at radius 2 is 1.87 bits per heavy atom. The molecule has 1 saturated heterocycles. The number of aromatic nitrogens is 2. The van der Waals surface area contributed by atoms with Gasteiger partial charge in [-0.15, -0.1) is 0 Å². The monoisotopic (exact) mass is 542 g/mol. The highest BCUT2D eigenvalue weighted by Gasteiger charge is 2.25. The van der Waals surface area contributed by atoms with E-state index in [1.165, 1.54) is 18.2 Å². The first kappa shape index (κ1) is 27.5. The van der Waals surface area contributed by atoms with E-state index in [1.54, 1.807) is 51.1 Å². The number of halogens is 1. The molecule has 38 heavy (non-hydrogen) atoms. The molecule has 2 aromatic carbocycles. The van der Waals surface area contributed by atoms with Crippen LogP contribution in [0.5, 0.6) is 0 Å². The van der Waals surface area contributed by atoms with Crippen LogP contribution in [0.3, 0.4) is 0 Å². The van der Waals surface area contributed by atoms with E-state index < -0.39 is 33.1 Å². The summed E-state index contributed by atoms with van der Waals surface area (Å²) in [5.41, 5.74) is 0.743. The molecule has 1 fully saturated rings. The number of rotatable bonds is 6. The number of benzene rings is 2. The van der Waals surface area contributed by atoms with E-state index in [1.807, 2.05) is 11.8 Å². The average Bonchev–Trinajstić information content (AvgIpc) is 2.83. The molecular weight excluding hydrogens is 511 g/mol. The summed E-state index contributed by atoms with van der Waals surface area (Å²) in [6.07, 6.45) is -0.578. The molecule has 0 radical (unpaired) electrons. The summed E-state index contributed by atoms with van der Waals surface area (Å²) in [7, 11) is -4.01.